The van der Waals surface area contributed by atoms with Gasteiger partial charge in [0, 0.05) is 10.4 Å². The van der Waals surface area contributed by atoms with Gasteiger partial charge in [0.15, 0.2) is 0 Å². The molecule has 0 bridgehead atoms. The molecular formula is C22H27NO3S. The second-order valence-corrected chi connectivity index (χ2v) is 8.61. The van der Waals surface area contributed by atoms with Gasteiger partial charge in [0.05, 0.1) is 12.2 Å². The topological polar surface area (TPSA) is 55.4 Å². The van der Waals surface area contributed by atoms with Crippen molar-refractivity contribution in [2.75, 3.05) is 11.9 Å². The van der Waals surface area contributed by atoms with E-state index in [-0.39, 0.29) is 11.9 Å². The van der Waals surface area contributed by atoms with E-state index >= 15 is 0 Å². The van der Waals surface area contributed by atoms with Crippen molar-refractivity contribution in [3.63, 3.8) is 0 Å². The first-order chi connectivity index (χ1) is 12.8. The molecule has 1 amide bonds. The van der Waals surface area contributed by atoms with Crippen LogP contribution in [0.4, 0.5) is 5.00 Å². The number of anilines is 1. The Morgan fingerprint density at radius 2 is 1.85 bits per heavy atom. The number of esters is 1. The fraction of sp³-hybridized carbons (Fsp3) is 0.455. The van der Waals surface area contributed by atoms with Crippen LogP contribution in [0.1, 0.15) is 68.1 Å². The Morgan fingerprint density at radius 1 is 1.19 bits per heavy atom. The van der Waals surface area contributed by atoms with Crippen LogP contribution in [0.25, 0.3) is 0 Å². The number of rotatable bonds is 4. The zero-order valence-electron chi connectivity index (χ0n) is 16.7. The average molecular weight is 386 g/mol. The van der Waals surface area contributed by atoms with Gasteiger partial charge in [0.1, 0.15) is 5.00 Å². The Bertz CT molecular complexity index is 874. The number of amides is 1. The molecule has 0 aliphatic heterocycles. The molecule has 144 valence electrons. The highest BCUT2D eigenvalue weighted by molar-refractivity contribution is 7.17. The molecule has 4 nitrogen and oxygen atoms in total. The molecule has 0 fully saturated rings. The number of ether oxygens (including phenoxy) is 1. The number of aryl methyl sites for hydroxylation is 3. The number of benzene rings is 1. The van der Waals surface area contributed by atoms with Gasteiger partial charge in [-0.05, 0) is 69.6 Å². The van der Waals surface area contributed by atoms with E-state index in [1.807, 2.05) is 32.9 Å². The maximum Gasteiger partial charge on any atom is 0.341 e. The van der Waals surface area contributed by atoms with Crippen LogP contribution in [-0.4, -0.2) is 18.5 Å². The van der Waals surface area contributed by atoms with Crippen molar-refractivity contribution in [3.05, 3.63) is 50.4 Å². The van der Waals surface area contributed by atoms with E-state index in [0.717, 1.165) is 41.5 Å². The van der Waals surface area contributed by atoms with Crippen molar-refractivity contribution in [2.45, 2.75) is 53.9 Å². The van der Waals surface area contributed by atoms with E-state index in [9.17, 15) is 9.59 Å². The number of fused-ring (bicyclic) bond motifs is 1. The Labute approximate surface area is 164 Å². The summed E-state index contributed by atoms with van der Waals surface area (Å²) < 4.78 is 5.29. The van der Waals surface area contributed by atoms with Crippen LogP contribution in [0.5, 0.6) is 0 Å². The van der Waals surface area contributed by atoms with E-state index in [1.165, 1.54) is 16.2 Å². The number of hydrogen-bond donors (Lipinski definition) is 1. The summed E-state index contributed by atoms with van der Waals surface area (Å²) in [5.74, 6) is 0.0933. The Hall–Kier alpha value is -2.14. The van der Waals surface area contributed by atoms with Crippen molar-refractivity contribution >= 4 is 28.2 Å². The zero-order valence-corrected chi connectivity index (χ0v) is 17.5. The van der Waals surface area contributed by atoms with E-state index in [2.05, 4.69) is 12.2 Å². The smallest absolute Gasteiger partial charge is 0.341 e. The van der Waals surface area contributed by atoms with Crippen LogP contribution in [0.2, 0.25) is 0 Å². The monoisotopic (exact) mass is 385 g/mol. The van der Waals surface area contributed by atoms with Crippen molar-refractivity contribution in [1.29, 1.82) is 0 Å². The van der Waals surface area contributed by atoms with Gasteiger partial charge < -0.3 is 10.1 Å². The number of carbonyl (C=O) groups is 2. The molecule has 0 spiro atoms. The summed E-state index contributed by atoms with van der Waals surface area (Å²) in [7, 11) is 0. The molecule has 27 heavy (non-hydrogen) atoms. The van der Waals surface area contributed by atoms with Crippen LogP contribution >= 0.6 is 11.3 Å². The summed E-state index contributed by atoms with van der Waals surface area (Å²) in [5.41, 5.74) is 5.31. The SMILES string of the molecule is CCOC(=O)c1c(NC(=O)c2c(C)cc(C)cc2C)sc2c1CCC(C)C2. The number of carbonyl (C=O) groups excluding carboxylic acids is 2. The van der Waals surface area contributed by atoms with Gasteiger partial charge in [0.2, 0.25) is 0 Å². The molecule has 1 atom stereocenters. The minimum atomic E-state index is -0.336. The summed E-state index contributed by atoms with van der Waals surface area (Å²) in [6, 6.07) is 4.02. The van der Waals surface area contributed by atoms with Crippen molar-refractivity contribution < 1.29 is 14.3 Å². The summed E-state index contributed by atoms with van der Waals surface area (Å²) in [6.45, 7) is 10.3. The minimum absolute atomic E-state index is 0.165. The van der Waals surface area contributed by atoms with Gasteiger partial charge in [-0.25, -0.2) is 4.79 Å². The van der Waals surface area contributed by atoms with Crippen LogP contribution in [0.15, 0.2) is 12.1 Å². The van der Waals surface area contributed by atoms with Crippen LogP contribution in [-0.2, 0) is 17.6 Å². The predicted octanol–water partition coefficient (Wildman–Crippen LogP) is 5.23. The Kier molecular flexibility index (Phi) is 5.70. The van der Waals surface area contributed by atoms with Gasteiger partial charge in [-0.2, -0.15) is 0 Å². The number of thiophene rings is 1. The lowest BCUT2D eigenvalue weighted by molar-refractivity contribution is 0.0526. The maximum absolute atomic E-state index is 13.0. The molecule has 1 aromatic heterocycles. The lowest BCUT2D eigenvalue weighted by Gasteiger charge is -2.18. The number of hydrogen-bond acceptors (Lipinski definition) is 4. The Morgan fingerprint density at radius 3 is 2.48 bits per heavy atom. The fourth-order valence-electron chi connectivity index (χ4n) is 3.96. The highest BCUT2D eigenvalue weighted by Crippen LogP contribution is 2.40. The summed E-state index contributed by atoms with van der Waals surface area (Å²) in [6.07, 6.45) is 2.87. The molecule has 3 rings (SSSR count). The van der Waals surface area contributed by atoms with Crippen LogP contribution in [0, 0.1) is 26.7 Å². The van der Waals surface area contributed by atoms with Gasteiger partial charge in [-0.15, -0.1) is 11.3 Å². The van der Waals surface area contributed by atoms with Gasteiger partial charge >= 0.3 is 5.97 Å². The second kappa shape index (κ2) is 7.85. The summed E-state index contributed by atoms with van der Waals surface area (Å²) in [4.78, 5) is 26.8. The first-order valence-corrected chi connectivity index (χ1v) is 10.3. The molecule has 1 heterocycles. The lowest BCUT2D eigenvalue weighted by Crippen LogP contribution is -2.18. The highest BCUT2D eigenvalue weighted by atomic mass is 32.1. The van der Waals surface area contributed by atoms with E-state index in [4.69, 9.17) is 4.74 Å². The van der Waals surface area contributed by atoms with Gasteiger partial charge in [0.25, 0.3) is 5.91 Å². The molecule has 2 aromatic rings. The van der Waals surface area contributed by atoms with E-state index < -0.39 is 0 Å². The number of nitrogens with one attached hydrogen (secondary N) is 1. The van der Waals surface area contributed by atoms with Crippen LogP contribution in [0.3, 0.4) is 0 Å². The van der Waals surface area contributed by atoms with E-state index in [1.54, 1.807) is 6.92 Å². The third-order valence-electron chi connectivity index (χ3n) is 5.12. The third kappa shape index (κ3) is 3.93. The highest BCUT2D eigenvalue weighted by Gasteiger charge is 2.29. The van der Waals surface area contributed by atoms with Crippen molar-refractivity contribution in [1.82, 2.24) is 0 Å². The predicted molar refractivity (Wildman–Crippen MR) is 110 cm³/mol. The largest absolute Gasteiger partial charge is 0.462 e. The second-order valence-electron chi connectivity index (χ2n) is 7.50. The first kappa shape index (κ1) is 19.6. The molecule has 1 unspecified atom stereocenters. The maximum atomic E-state index is 13.0. The standard InChI is InChI=1S/C22H27NO3S/c1-6-26-22(25)19-16-8-7-12(2)11-17(16)27-21(19)23-20(24)18-14(4)9-13(3)10-15(18)5/h9-10,12H,6-8,11H2,1-5H3,(H,23,24). The van der Waals surface area contributed by atoms with E-state index in [0.29, 0.717) is 28.7 Å². The molecule has 1 aliphatic carbocycles. The average Bonchev–Trinajstić information content (AvgIpc) is 2.90. The molecule has 1 aromatic carbocycles. The molecule has 1 aliphatic rings. The summed E-state index contributed by atoms with van der Waals surface area (Å²) in [5, 5.41) is 3.64. The fourth-order valence-corrected chi connectivity index (χ4v) is 5.36. The van der Waals surface area contributed by atoms with Crippen LogP contribution < -0.4 is 5.32 Å². The quantitative estimate of drug-likeness (QED) is 0.734. The molecule has 0 saturated carbocycles. The minimum Gasteiger partial charge on any atom is -0.462 e. The lowest BCUT2D eigenvalue weighted by atomic mass is 9.88. The Balaban J connectivity index is 1.99. The van der Waals surface area contributed by atoms with Crippen molar-refractivity contribution in [3.8, 4) is 0 Å². The zero-order chi connectivity index (χ0) is 19.7. The first-order valence-electron chi connectivity index (χ1n) is 9.52. The molecule has 0 saturated heterocycles. The summed E-state index contributed by atoms with van der Waals surface area (Å²) >= 11 is 1.52. The van der Waals surface area contributed by atoms with Gasteiger partial charge in [-0.3, -0.25) is 4.79 Å². The molecule has 1 N–H and O–H groups in total. The van der Waals surface area contributed by atoms with Crippen molar-refractivity contribution in [2.24, 2.45) is 5.92 Å². The molecular weight excluding hydrogens is 358 g/mol. The third-order valence-corrected chi connectivity index (χ3v) is 6.29. The normalized spacial score (nSPS) is 16.0. The molecule has 5 heteroatoms. The van der Waals surface area contributed by atoms with Gasteiger partial charge in [-0.1, -0.05) is 24.6 Å². The molecule has 0 radical (unpaired) electrons.